The Morgan fingerprint density at radius 1 is 0.939 bits per heavy atom. The lowest BCUT2D eigenvalue weighted by atomic mass is 9.54. The SMILES string of the molecule is O=C(NC1C2CC3CC(C2)CC1C3)c1cc(-c2ccco2)nc2onc(-c3ccccc3)c12. The van der Waals surface area contributed by atoms with Crippen LogP contribution >= 0.6 is 0 Å². The molecule has 1 N–H and O–H groups in total. The van der Waals surface area contributed by atoms with Gasteiger partial charge in [-0.05, 0) is 74.0 Å². The molecule has 0 radical (unpaired) electrons. The van der Waals surface area contributed by atoms with Crippen molar-refractivity contribution in [1.82, 2.24) is 15.5 Å². The fourth-order valence-electron chi connectivity index (χ4n) is 6.86. The van der Waals surface area contributed by atoms with Gasteiger partial charge < -0.3 is 14.3 Å². The van der Waals surface area contributed by atoms with Gasteiger partial charge in [-0.3, -0.25) is 4.79 Å². The van der Waals surface area contributed by atoms with Gasteiger partial charge in [-0.1, -0.05) is 35.5 Å². The second-order valence-corrected chi connectivity index (χ2v) is 10.0. The molecule has 4 aliphatic carbocycles. The molecule has 4 bridgehead atoms. The van der Waals surface area contributed by atoms with Crippen LogP contribution in [0.25, 0.3) is 33.8 Å². The lowest BCUT2D eigenvalue weighted by Crippen LogP contribution is -2.55. The molecule has 1 amide bonds. The molecule has 4 aliphatic rings. The molecular formula is C27H25N3O3. The van der Waals surface area contributed by atoms with Gasteiger partial charge in [-0.25, -0.2) is 4.98 Å². The predicted molar refractivity (Wildman–Crippen MR) is 123 cm³/mol. The lowest BCUT2D eigenvalue weighted by molar-refractivity contribution is -0.0119. The zero-order valence-corrected chi connectivity index (χ0v) is 18.2. The van der Waals surface area contributed by atoms with Crippen molar-refractivity contribution in [3.05, 3.63) is 60.4 Å². The van der Waals surface area contributed by atoms with Crippen LogP contribution in [0, 0.1) is 23.7 Å². The average molecular weight is 440 g/mol. The van der Waals surface area contributed by atoms with Gasteiger partial charge in [-0.2, -0.15) is 0 Å². The molecule has 166 valence electrons. The quantitative estimate of drug-likeness (QED) is 0.441. The molecule has 33 heavy (non-hydrogen) atoms. The van der Waals surface area contributed by atoms with Gasteiger partial charge in [0.25, 0.3) is 11.6 Å². The van der Waals surface area contributed by atoms with E-state index in [9.17, 15) is 4.79 Å². The maximum Gasteiger partial charge on any atom is 0.259 e. The summed E-state index contributed by atoms with van der Waals surface area (Å²) in [7, 11) is 0. The monoisotopic (exact) mass is 439 g/mol. The number of nitrogens with zero attached hydrogens (tertiary/aromatic N) is 2. The number of hydrogen-bond donors (Lipinski definition) is 1. The molecule has 6 nitrogen and oxygen atoms in total. The van der Waals surface area contributed by atoms with Crippen LogP contribution in [0.15, 0.2) is 63.7 Å². The van der Waals surface area contributed by atoms with E-state index >= 15 is 0 Å². The largest absolute Gasteiger partial charge is 0.463 e. The Kier molecular flexibility index (Phi) is 4.23. The highest BCUT2D eigenvalue weighted by Crippen LogP contribution is 2.53. The molecule has 4 aromatic rings. The molecule has 0 aliphatic heterocycles. The standard InChI is InChI=1S/C27H25N3O3/c31-26(29-24-18-10-15-9-16(12-18)13-19(24)11-15)20-14-21(22-7-4-8-32-22)28-27-23(20)25(30-33-27)17-5-2-1-3-6-17/h1-8,14-16,18-19,24H,9-13H2,(H,29,31). The molecule has 8 rings (SSSR count). The Hall–Kier alpha value is -3.41. The predicted octanol–water partition coefficient (Wildman–Crippen LogP) is 5.70. The fraction of sp³-hybridized carbons (Fsp3) is 0.370. The Labute approximate surface area is 191 Å². The second-order valence-electron chi connectivity index (χ2n) is 10.0. The highest BCUT2D eigenvalue weighted by atomic mass is 16.5. The number of benzene rings is 1. The Morgan fingerprint density at radius 2 is 1.70 bits per heavy atom. The van der Waals surface area contributed by atoms with Crippen molar-refractivity contribution in [2.45, 2.75) is 38.1 Å². The molecule has 0 unspecified atom stereocenters. The maximum atomic E-state index is 13.8. The topological polar surface area (TPSA) is 81.2 Å². The zero-order chi connectivity index (χ0) is 21.9. The molecule has 0 spiro atoms. The van der Waals surface area contributed by atoms with Gasteiger partial charge in [0.1, 0.15) is 11.4 Å². The van der Waals surface area contributed by atoms with E-state index in [1.807, 2.05) is 48.5 Å². The van der Waals surface area contributed by atoms with E-state index in [4.69, 9.17) is 8.94 Å². The van der Waals surface area contributed by atoms with Crippen LogP contribution in [0.3, 0.4) is 0 Å². The summed E-state index contributed by atoms with van der Waals surface area (Å²) in [6, 6.07) is 15.5. The molecule has 3 aromatic heterocycles. The van der Waals surface area contributed by atoms with Crippen LogP contribution in [-0.2, 0) is 0 Å². The van der Waals surface area contributed by atoms with Crippen molar-refractivity contribution < 1.29 is 13.7 Å². The van der Waals surface area contributed by atoms with E-state index in [-0.39, 0.29) is 11.9 Å². The maximum absolute atomic E-state index is 13.8. The number of aromatic nitrogens is 2. The second kappa shape index (κ2) is 7.30. The minimum absolute atomic E-state index is 0.0759. The number of pyridine rings is 1. The third-order valence-electron chi connectivity index (χ3n) is 8.04. The first-order chi connectivity index (χ1) is 16.2. The average Bonchev–Trinajstić information content (AvgIpc) is 3.51. The zero-order valence-electron chi connectivity index (χ0n) is 18.2. The summed E-state index contributed by atoms with van der Waals surface area (Å²) < 4.78 is 11.2. The van der Waals surface area contributed by atoms with Gasteiger partial charge in [0.15, 0.2) is 5.76 Å². The first-order valence-corrected chi connectivity index (χ1v) is 11.9. The summed E-state index contributed by atoms with van der Waals surface area (Å²) in [6.07, 6.45) is 8.01. The molecule has 1 aromatic carbocycles. The van der Waals surface area contributed by atoms with Gasteiger partial charge in [0, 0.05) is 11.6 Å². The Bertz CT molecular complexity index is 1300. The molecule has 6 heteroatoms. The fourth-order valence-corrected chi connectivity index (χ4v) is 6.86. The summed E-state index contributed by atoms with van der Waals surface area (Å²) in [6.45, 7) is 0. The lowest BCUT2D eigenvalue weighted by Gasteiger charge is -2.54. The van der Waals surface area contributed by atoms with Crippen molar-refractivity contribution in [2.75, 3.05) is 0 Å². The Morgan fingerprint density at radius 3 is 2.39 bits per heavy atom. The molecular weight excluding hydrogens is 414 g/mol. The summed E-state index contributed by atoms with van der Waals surface area (Å²) in [4.78, 5) is 18.4. The van der Waals surface area contributed by atoms with Crippen LogP contribution in [-0.4, -0.2) is 22.1 Å². The highest BCUT2D eigenvalue weighted by molar-refractivity contribution is 6.10. The van der Waals surface area contributed by atoms with Crippen molar-refractivity contribution in [3.63, 3.8) is 0 Å². The van der Waals surface area contributed by atoms with Gasteiger partial charge in [0.2, 0.25) is 0 Å². The third kappa shape index (κ3) is 3.11. The summed E-state index contributed by atoms with van der Waals surface area (Å²) >= 11 is 0. The first-order valence-electron chi connectivity index (χ1n) is 11.9. The number of nitrogens with one attached hydrogen (secondary N) is 1. The van der Waals surface area contributed by atoms with Gasteiger partial charge in [-0.15, -0.1) is 0 Å². The number of carbonyl (C=O) groups is 1. The first kappa shape index (κ1) is 19.1. The van der Waals surface area contributed by atoms with Crippen LogP contribution in [0.1, 0.15) is 42.5 Å². The minimum Gasteiger partial charge on any atom is -0.463 e. The molecule has 4 saturated carbocycles. The smallest absolute Gasteiger partial charge is 0.259 e. The van der Waals surface area contributed by atoms with Crippen molar-refractivity contribution >= 4 is 17.0 Å². The summed E-state index contributed by atoms with van der Waals surface area (Å²) in [5.41, 5.74) is 2.99. The molecule has 3 heterocycles. The summed E-state index contributed by atoms with van der Waals surface area (Å²) in [5, 5.41) is 8.40. The minimum atomic E-state index is -0.0759. The van der Waals surface area contributed by atoms with Crippen molar-refractivity contribution in [2.24, 2.45) is 23.7 Å². The van der Waals surface area contributed by atoms with Crippen molar-refractivity contribution in [1.29, 1.82) is 0 Å². The third-order valence-corrected chi connectivity index (χ3v) is 8.04. The van der Waals surface area contributed by atoms with E-state index in [0.29, 0.717) is 45.6 Å². The number of carbonyl (C=O) groups excluding carboxylic acids is 1. The van der Waals surface area contributed by atoms with E-state index in [1.54, 1.807) is 6.26 Å². The van der Waals surface area contributed by atoms with Crippen LogP contribution < -0.4 is 5.32 Å². The molecule has 0 atom stereocenters. The van der Waals surface area contributed by atoms with E-state index in [2.05, 4.69) is 15.5 Å². The van der Waals surface area contributed by atoms with Crippen LogP contribution in [0.5, 0.6) is 0 Å². The number of fused-ring (bicyclic) bond motifs is 1. The van der Waals surface area contributed by atoms with E-state index < -0.39 is 0 Å². The van der Waals surface area contributed by atoms with Gasteiger partial charge >= 0.3 is 0 Å². The van der Waals surface area contributed by atoms with Crippen molar-refractivity contribution in [3.8, 4) is 22.7 Å². The molecule has 0 saturated heterocycles. The van der Waals surface area contributed by atoms with Crippen LogP contribution in [0.4, 0.5) is 0 Å². The number of rotatable bonds is 4. The normalized spacial score (nSPS) is 27.8. The summed E-state index contributed by atoms with van der Waals surface area (Å²) in [5.74, 6) is 3.45. The highest BCUT2D eigenvalue weighted by Gasteiger charge is 2.48. The number of furan rings is 1. The molecule has 4 fully saturated rings. The van der Waals surface area contributed by atoms with Gasteiger partial charge in [0.05, 0.1) is 17.2 Å². The number of amides is 1. The Balaban J connectivity index is 1.32. The number of hydrogen-bond acceptors (Lipinski definition) is 5. The van der Waals surface area contributed by atoms with E-state index in [0.717, 1.165) is 17.4 Å². The van der Waals surface area contributed by atoms with Crippen LogP contribution in [0.2, 0.25) is 0 Å². The van der Waals surface area contributed by atoms with E-state index in [1.165, 1.54) is 32.1 Å².